The minimum absolute atomic E-state index is 0.195. The fraction of sp³-hybridized carbons (Fsp3) is 0.846. The summed E-state index contributed by atoms with van der Waals surface area (Å²) in [6.45, 7) is 1.26. The molecule has 6 heteroatoms. The van der Waals surface area contributed by atoms with Gasteiger partial charge in [0.15, 0.2) is 0 Å². The molecule has 0 aromatic rings. The highest BCUT2D eigenvalue weighted by Gasteiger charge is 2.53. The Bertz CT molecular complexity index is 393. The molecular weight excluding hydrogens is 264 g/mol. The maximum Gasteiger partial charge on any atom is 0.327 e. The normalized spacial score (nSPS) is 28.8. The number of carbonyl (C=O) groups is 2. The van der Waals surface area contributed by atoms with E-state index in [-0.39, 0.29) is 6.03 Å². The highest BCUT2D eigenvalue weighted by molar-refractivity contribution is 7.99. The fourth-order valence-corrected chi connectivity index (χ4v) is 4.03. The monoisotopic (exact) mass is 284 g/mol. The van der Waals surface area contributed by atoms with Gasteiger partial charge in [0.1, 0.15) is 6.04 Å². The van der Waals surface area contributed by atoms with E-state index in [1.54, 1.807) is 11.8 Å². The Morgan fingerprint density at radius 2 is 2.11 bits per heavy atom. The lowest BCUT2D eigenvalue weighted by molar-refractivity contribution is -0.141. The number of carboxylic acid groups (broad SMARTS) is 1. The number of urea groups is 1. The second-order valence-electron chi connectivity index (χ2n) is 5.92. The molecule has 0 aromatic carbocycles. The second kappa shape index (κ2) is 4.89. The summed E-state index contributed by atoms with van der Waals surface area (Å²) in [5, 5.41) is 12.1. The lowest BCUT2D eigenvalue weighted by atomic mass is 10.0. The SMILES string of the molecule is O=C(O)C1CSCCN1C(=O)NCC1(C2CC2)CC1. The largest absolute Gasteiger partial charge is 0.480 e. The van der Waals surface area contributed by atoms with E-state index in [0.717, 1.165) is 18.2 Å². The molecule has 0 bridgehead atoms. The zero-order chi connectivity index (χ0) is 13.5. The topological polar surface area (TPSA) is 69.6 Å². The number of carboxylic acids is 1. The number of rotatable bonds is 4. The van der Waals surface area contributed by atoms with Crippen molar-refractivity contribution in [1.29, 1.82) is 0 Å². The van der Waals surface area contributed by atoms with Crippen LogP contribution in [0.25, 0.3) is 0 Å². The summed E-state index contributed by atoms with van der Waals surface area (Å²) in [6.07, 6.45) is 5.04. The van der Waals surface area contributed by atoms with Crippen LogP contribution in [0.3, 0.4) is 0 Å². The minimum atomic E-state index is -0.898. The number of nitrogens with one attached hydrogen (secondary N) is 1. The summed E-state index contributed by atoms with van der Waals surface area (Å²) in [4.78, 5) is 24.8. The van der Waals surface area contributed by atoms with Crippen molar-refractivity contribution in [1.82, 2.24) is 10.2 Å². The van der Waals surface area contributed by atoms with E-state index in [1.807, 2.05) is 0 Å². The summed E-state index contributed by atoms with van der Waals surface area (Å²) in [5.74, 6) is 1.23. The van der Waals surface area contributed by atoms with Gasteiger partial charge in [-0.1, -0.05) is 0 Å². The Kier molecular flexibility index (Phi) is 3.37. The van der Waals surface area contributed by atoms with Crippen molar-refractivity contribution in [2.75, 3.05) is 24.6 Å². The van der Waals surface area contributed by atoms with Crippen LogP contribution in [0.1, 0.15) is 25.7 Å². The zero-order valence-corrected chi connectivity index (χ0v) is 11.7. The molecule has 1 aliphatic heterocycles. The molecule has 0 radical (unpaired) electrons. The molecule has 2 saturated carbocycles. The minimum Gasteiger partial charge on any atom is -0.480 e. The number of carbonyl (C=O) groups excluding carboxylic acids is 1. The van der Waals surface area contributed by atoms with Crippen molar-refractivity contribution in [2.45, 2.75) is 31.7 Å². The van der Waals surface area contributed by atoms with E-state index in [1.165, 1.54) is 30.6 Å². The number of amides is 2. The van der Waals surface area contributed by atoms with E-state index < -0.39 is 12.0 Å². The highest BCUT2D eigenvalue weighted by Crippen LogP contribution is 2.60. The lowest BCUT2D eigenvalue weighted by Crippen LogP contribution is -2.54. The number of hydrogen-bond acceptors (Lipinski definition) is 3. The predicted molar refractivity (Wildman–Crippen MR) is 73.2 cm³/mol. The first kappa shape index (κ1) is 13.1. The molecule has 5 nitrogen and oxygen atoms in total. The van der Waals surface area contributed by atoms with Crippen LogP contribution < -0.4 is 5.32 Å². The number of nitrogens with zero attached hydrogens (tertiary/aromatic N) is 1. The van der Waals surface area contributed by atoms with E-state index in [2.05, 4.69) is 5.32 Å². The molecule has 1 unspecified atom stereocenters. The van der Waals surface area contributed by atoms with Gasteiger partial charge in [0.05, 0.1) is 0 Å². The van der Waals surface area contributed by atoms with Gasteiger partial charge in [0.2, 0.25) is 0 Å². The Hall–Kier alpha value is -0.910. The standard InChI is InChI=1S/C13H20N2O3S/c16-11(17)10-7-19-6-5-15(10)12(18)14-8-13(3-4-13)9-1-2-9/h9-10H,1-8H2,(H,14,18)(H,16,17). The number of hydrogen-bond donors (Lipinski definition) is 2. The third-order valence-electron chi connectivity index (χ3n) is 4.60. The lowest BCUT2D eigenvalue weighted by Gasteiger charge is -2.33. The zero-order valence-electron chi connectivity index (χ0n) is 10.9. The maximum absolute atomic E-state index is 12.2. The number of aliphatic carboxylic acids is 1. The molecule has 1 atom stereocenters. The summed E-state index contributed by atoms with van der Waals surface area (Å²) < 4.78 is 0. The molecule has 2 amide bonds. The van der Waals surface area contributed by atoms with Crippen molar-refractivity contribution < 1.29 is 14.7 Å². The van der Waals surface area contributed by atoms with Gasteiger partial charge >= 0.3 is 12.0 Å². The van der Waals surface area contributed by atoms with Crippen LogP contribution in [0.15, 0.2) is 0 Å². The first-order valence-corrected chi connectivity index (χ1v) is 8.13. The van der Waals surface area contributed by atoms with Gasteiger partial charge < -0.3 is 15.3 Å². The molecule has 2 N–H and O–H groups in total. The molecule has 3 aliphatic rings. The van der Waals surface area contributed by atoms with E-state index >= 15 is 0 Å². The highest BCUT2D eigenvalue weighted by atomic mass is 32.2. The van der Waals surface area contributed by atoms with Crippen LogP contribution in [0, 0.1) is 11.3 Å². The summed E-state index contributed by atoms with van der Waals surface area (Å²) in [5.41, 5.74) is 0.360. The van der Waals surface area contributed by atoms with Crippen LogP contribution in [0.4, 0.5) is 4.79 Å². The quantitative estimate of drug-likeness (QED) is 0.818. The van der Waals surface area contributed by atoms with Gasteiger partial charge in [-0.05, 0) is 37.0 Å². The van der Waals surface area contributed by atoms with E-state index in [0.29, 0.717) is 17.7 Å². The first-order valence-electron chi connectivity index (χ1n) is 6.97. The molecule has 3 fully saturated rings. The van der Waals surface area contributed by atoms with Gasteiger partial charge in [-0.15, -0.1) is 0 Å². The molecule has 0 aromatic heterocycles. The Morgan fingerprint density at radius 3 is 2.68 bits per heavy atom. The van der Waals surface area contributed by atoms with Gasteiger partial charge in [0.25, 0.3) is 0 Å². The van der Waals surface area contributed by atoms with Gasteiger partial charge in [0, 0.05) is 24.6 Å². The number of thioether (sulfide) groups is 1. The average Bonchev–Trinajstić information content (AvgIpc) is 3.28. The van der Waals surface area contributed by atoms with Crippen LogP contribution in [-0.4, -0.2) is 52.6 Å². The average molecular weight is 284 g/mol. The molecule has 1 saturated heterocycles. The van der Waals surface area contributed by atoms with Gasteiger partial charge in [-0.25, -0.2) is 9.59 Å². The molecular formula is C13H20N2O3S. The van der Waals surface area contributed by atoms with Gasteiger partial charge in [-0.2, -0.15) is 11.8 Å². The van der Waals surface area contributed by atoms with Crippen molar-refractivity contribution in [3.05, 3.63) is 0 Å². The van der Waals surface area contributed by atoms with Crippen LogP contribution in [0.2, 0.25) is 0 Å². The van der Waals surface area contributed by atoms with Crippen molar-refractivity contribution in [2.24, 2.45) is 11.3 Å². The third-order valence-corrected chi connectivity index (χ3v) is 5.62. The molecule has 2 aliphatic carbocycles. The van der Waals surface area contributed by atoms with Crippen LogP contribution >= 0.6 is 11.8 Å². The summed E-state index contributed by atoms with van der Waals surface area (Å²) in [6, 6.07) is -0.866. The van der Waals surface area contributed by atoms with Crippen LogP contribution in [-0.2, 0) is 4.79 Å². The Morgan fingerprint density at radius 1 is 1.37 bits per heavy atom. The van der Waals surface area contributed by atoms with Crippen molar-refractivity contribution >= 4 is 23.8 Å². The van der Waals surface area contributed by atoms with Crippen molar-refractivity contribution in [3.8, 4) is 0 Å². The Balaban J connectivity index is 1.55. The summed E-state index contributed by atoms with van der Waals surface area (Å²) in [7, 11) is 0. The predicted octanol–water partition coefficient (Wildman–Crippen LogP) is 1.39. The fourth-order valence-electron chi connectivity index (χ4n) is 2.99. The van der Waals surface area contributed by atoms with E-state index in [4.69, 9.17) is 5.11 Å². The Labute approximate surface area is 117 Å². The molecule has 106 valence electrons. The van der Waals surface area contributed by atoms with Crippen LogP contribution in [0.5, 0.6) is 0 Å². The molecule has 3 rings (SSSR count). The van der Waals surface area contributed by atoms with Crippen molar-refractivity contribution in [3.63, 3.8) is 0 Å². The smallest absolute Gasteiger partial charge is 0.327 e. The second-order valence-corrected chi connectivity index (χ2v) is 7.07. The first-order chi connectivity index (χ1) is 9.12. The maximum atomic E-state index is 12.2. The van der Waals surface area contributed by atoms with E-state index in [9.17, 15) is 9.59 Å². The summed E-state index contributed by atoms with van der Waals surface area (Å²) >= 11 is 1.60. The molecule has 19 heavy (non-hydrogen) atoms. The van der Waals surface area contributed by atoms with Gasteiger partial charge in [-0.3, -0.25) is 0 Å². The molecule has 1 heterocycles. The molecule has 0 spiro atoms. The third kappa shape index (κ3) is 2.68.